The summed E-state index contributed by atoms with van der Waals surface area (Å²) in [5, 5.41) is 4.26. The second kappa shape index (κ2) is 7.62. The molecular formula is C22H21N7O. The van der Waals surface area contributed by atoms with E-state index in [1.165, 1.54) is 0 Å². The van der Waals surface area contributed by atoms with Crippen LogP contribution in [-0.4, -0.2) is 53.4 Å². The van der Waals surface area contributed by atoms with Crippen LogP contribution in [0.4, 0.5) is 0 Å². The van der Waals surface area contributed by atoms with Gasteiger partial charge in [0, 0.05) is 55.6 Å². The molecule has 5 rings (SSSR count). The molecule has 0 aromatic carbocycles. The Labute approximate surface area is 173 Å². The number of carbonyl (C=O) groups is 1. The Morgan fingerprint density at radius 3 is 2.87 bits per heavy atom. The highest BCUT2D eigenvalue weighted by Gasteiger charge is 2.30. The predicted molar refractivity (Wildman–Crippen MR) is 111 cm³/mol. The van der Waals surface area contributed by atoms with Crippen molar-refractivity contribution in [1.82, 2.24) is 34.4 Å². The summed E-state index contributed by atoms with van der Waals surface area (Å²) in [5.41, 5.74) is 4.14. The average Bonchev–Trinajstić information content (AvgIpc) is 3.23. The first-order chi connectivity index (χ1) is 14.7. The first-order valence-electron chi connectivity index (χ1n) is 10.0. The van der Waals surface area contributed by atoms with E-state index in [-0.39, 0.29) is 11.8 Å². The number of carbonyl (C=O) groups excluding carboxylic acids is 1. The Kier molecular flexibility index (Phi) is 4.66. The molecule has 1 aliphatic rings. The number of likely N-dealkylation sites (tertiary alicyclic amines) is 1. The van der Waals surface area contributed by atoms with E-state index in [9.17, 15) is 4.79 Å². The average molecular weight is 399 g/mol. The highest BCUT2D eigenvalue weighted by Crippen LogP contribution is 2.33. The lowest BCUT2D eigenvalue weighted by molar-refractivity contribution is 0.0707. The van der Waals surface area contributed by atoms with Gasteiger partial charge >= 0.3 is 0 Å². The number of aryl methyl sites for hydroxylation is 1. The van der Waals surface area contributed by atoms with E-state index < -0.39 is 0 Å². The molecule has 0 radical (unpaired) electrons. The fourth-order valence-corrected chi connectivity index (χ4v) is 4.09. The van der Waals surface area contributed by atoms with Crippen molar-refractivity contribution in [3.05, 3.63) is 72.5 Å². The van der Waals surface area contributed by atoms with Crippen molar-refractivity contribution in [3.8, 4) is 11.1 Å². The minimum atomic E-state index is -0.0374. The van der Waals surface area contributed by atoms with Crippen LogP contribution >= 0.6 is 0 Å². The Hall–Kier alpha value is -3.68. The molecule has 1 aliphatic heterocycles. The van der Waals surface area contributed by atoms with Crippen molar-refractivity contribution in [2.24, 2.45) is 0 Å². The van der Waals surface area contributed by atoms with Crippen LogP contribution in [0.15, 0.2) is 55.4 Å². The SMILES string of the molecule is Cc1ncc(-c2ccncc2)c(C2CCCN(C(=O)c3cnn4cccnc34)C2)n1. The summed E-state index contributed by atoms with van der Waals surface area (Å²) in [7, 11) is 0. The van der Waals surface area contributed by atoms with Crippen molar-refractivity contribution >= 4 is 11.6 Å². The topological polar surface area (TPSA) is 89.2 Å². The summed E-state index contributed by atoms with van der Waals surface area (Å²) in [6, 6.07) is 5.73. The summed E-state index contributed by atoms with van der Waals surface area (Å²) in [5.74, 6) is 0.838. The van der Waals surface area contributed by atoms with Gasteiger partial charge in [-0.05, 0) is 43.5 Å². The van der Waals surface area contributed by atoms with E-state index >= 15 is 0 Å². The quantitative estimate of drug-likeness (QED) is 0.526. The molecule has 1 fully saturated rings. The van der Waals surface area contributed by atoms with Crippen LogP contribution in [0.3, 0.4) is 0 Å². The van der Waals surface area contributed by atoms with Gasteiger partial charge in [-0.3, -0.25) is 9.78 Å². The molecule has 8 nitrogen and oxygen atoms in total. The molecule has 150 valence electrons. The van der Waals surface area contributed by atoms with Crippen LogP contribution in [0.1, 0.15) is 40.6 Å². The monoisotopic (exact) mass is 399 g/mol. The summed E-state index contributed by atoms with van der Waals surface area (Å²) in [6.07, 6.45) is 12.4. The Morgan fingerprint density at radius 1 is 1.13 bits per heavy atom. The molecule has 1 amide bonds. The van der Waals surface area contributed by atoms with E-state index in [1.54, 1.807) is 41.6 Å². The fraction of sp³-hybridized carbons (Fsp3) is 0.273. The summed E-state index contributed by atoms with van der Waals surface area (Å²) in [4.78, 5) is 32.8. The van der Waals surface area contributed by atoms with E-state index in [2.05, 4.69) is 20.1 Å². The highest BCUT2D eigenvalue weighted by atomic mass is 16.2. The highest BCUT2D eigenvalue weighted by molar-refractivity contribution is 5.99. The number of nitrogens with zero attached hydrogens (tertiary/aromatic N) is 7. The largest absolute Gasteiger partial charge is 0.338 e. The maximum atomic E-state index is 13.3. The number of rotatable bonds is 3. The second-order valence-electron chi connectivity index (χ2n) is 7.49. The zero-order valence-corrected chi connectivity index (χ0v) is 16.6. The lowest BCUT2D eigenvalue weighted by Crippen LogP contribution is -2.39. The normalized spacial score (nSPS) is 16.7. The zero-order valence-electron chi connectivity index (χ0n) is 16.6. The fourth-order valence-electron chi connectivity index (χ4n) is 4.09. The lowest BCUT2D eigenvalue weighted by atomic mass is 9.90. The molecule has 1 atom stereocenters. The maximum Gasteiger partial charge on any atom is 0.259 e. The molecule has 4 aromatic heterocycles. The molecule has 0 bridgehead atoms. The van der Waals surface area contributed by atoms with Gasteiger partial charge in [0.15, 0.2) is 5.65 Å². The summed E-state index contributed by atoms with van der Waals surface area (Å²) in [6.45, 7) is 3.22. The van der Waals surface area contributed by atoms with Crippen LogP contribution in [0.2, 0.25) is 0 Å². The molecule has 1 saturated heterocycles. The second-order valence-corrected chi connectivity index (χ2v) is 7.49. The van der Waals surface area contributed by atoms with Crippen molar-refractivity contribution in [3.63, 3.8) is 0 Å². The Bertz CT molecular complexity index is 1200. The van der Waals surface area contributed by atoms with Crippen LogP contribution in [-0.2, 0) is 0 Å². The third-order valence-electron chi connectivity index (χ3n) is 5.54. The zero-order chi connectivity index (χ0) is 20.5. The van der Waals surface area contributed by atoms with Crippen molar-refractivity contribution in [1.29, 1.82) is 0 Å². The van der Waals surface area contributed by atoms with Gasteiger partial charge in [0.25, 0.3) is 5.91 Å². The molecule has 0 spiro atoms. The van der Waals surface area contributed by atoms with E-state index in [1.807, 2.05) is 30.2 Å². The van der Waals surface area contributed by atoms with Gasteiger partial charge in [-0.15, -0.1) is 0 Å². The molecule has 30 heavy (non-hydrogen) atoms. The van der Waals surface area contributed by atoms with E-state index in [0.29, 0.717) is 24.3 Å². The molecule has 8 heteroatoms. The summed E-state index contributed by atoms with van der Waals surface area (Å²) >= 11 is 0. The predicted octanol–water partition coefficient (Wildman–Crippen LogP) is 2.91. The standard InChI is InChI=1S/C22H21N7O/c1-15-25-12-18(16-5-8-23-9-6-16)20(27-15)17-4-2-10-28(14-17)22(30)19-13-26-29-11-3-7-24-21(19)29/h3,5-9,11-13,17H,2,4,10,14H2,1H3. The number of hydrogen-bond donors (Lipinski definition) is 0. The first-order valence-corrected chi connectivity index (χ1v) is 10.0. The van der Waals surface area contributed by atoms with Gasteiger partial charge in [0.1, 0.15) is 11.4 Å². The third-order valence-corrected chi connectivity index (χ3v) is 5.54. The van der Waals surface area contributed by atoms with Gasteiger partial charge in [0.05, 0.1) is 11.9 Å². The molecular weight excluding hydrogens is 378 g/mol. The van der Waals surface area contributed by atoms with Gasteiger partial charge in [-0.1, -0.05) is 0 Å². The number of piperidine rings is 1. The summed E-state index contributed by atoms with van der Waals surface area (Å²) < 4.78 is 1.63. The molecule has 0 N–H and O–H groups in total. The Morgan fingerprint density at radius 2 is 2.00 bits per heavy atom. The van der Waals surface area contributed by atoms with Crippen molar-refractivity contribution < 1.29 is 4.79 Å². The number of pyridine rings is 1. The minimum absolute atomic E-state index is 0.0374. The number of aromatic nitrogens is 6. The maximum absolute atomic E-state index is 13.3. The Balaban J connectivity index is 1.46. The smallest absolute Gasteiger partial charge is 0.259 e. The molecule has 0 saturated carbocycles. The number of amides is 1. The van der Waals surface area contributed by atoms with Gasteiger partial charge in [-0.2, -0.15) is 5.10 Å². The van der Waals surface area contributed by atoms with Crippen LogP contribution in [0.25, 0.3) is 16.8 Å². The van der Waals surface area contributed by atoms with Crippen molar-refractivity contribution in [2.45, 2.75) is 25.7 Å². The first kappa shape index (κ1) is 18.4. The molecule has 1 unspecified atom stereocenters. The number of fused-ring (bicyclic) bond motifs is 1. The molecule has 5 heterocycles. The van der Waals surface area contributed by atoms with Gasteiger partial charge < -0.3 is 4.90 Å². The van der Waals surface area contributed by atoms with Gasteiger partial charge in [0.2, 0.25) is 0 Å². The van der Waals surface area contributed by atoms with Crippen LogP contribution in [0.5, 0.6) is 0 Å². The van der Waals surface area contributed by atoms with Crippen LogP contribution in [0, 0.1) is 6.92 Å². The number of hydrogen-bond acceptors (Lipinski definition) is 6. The molecule has 0 aliphatic carbocycles. The molecule has 4 aromatic rings. The van der Waals surface area contributed by atoms with E-state index in [4.69, 9.17) is 4.98 Å². The lowest BCUT2D eigenvalue weighted by Gasteiger charge is -2.33. The third kappa shape index (κ3) is 3.30. The van der Waals surface area contributed by atoms with E-state index in [0.717, 1.165) is 35.5 Å². The van der Waals surface area contributed by atoms with Crippen LogP contribution < -0.4 is 0 Å². The minimum Gasteiger partial charge on any atom is -0.338 e. The van der Waals surface area contributed by atoms with Crippen molar-refractivity contribution in [2.75, 3.05) is 13.1 Å². The van der Waals surface area contributed by atoms with Gasteiger partial charge in [-0.25, -0.2) is 19.5 Å².